The molecule has 0 saturated carbocycles. The third kappa shape index (κ3) is 2.72. The second kappa shape index (κ2) is 4.82. The van der Waals surface area contributed by atoms with Crippen LogP contribution in [-0.4, -0.2) is 9.78 Å². The summed E-state index contributed by atoms with van der Waals surface area (Å²) in [6.45, 7) is 6.08. The van der Waals surface area contributed by atoms with E-state index in [0.717, 1.165) is 11.1 Å². The zero-order valence-corrected chi connectivity index (χ0v) is 9.65. The molecule has 0 aliphatic heterocycles. The first-order valence-electron chi connectivity index (χ1n) is 5.34. The van der Waals surface area contributed by atoms with E-state index in [-0.39, 0.29) is 5.82 Å². The fourth-order valence-electron chi connectivity index (χ4n) is 1.54. The van der Waals surface area contributed by atoms with Crippen molar-refractivity contribution in [2.75, 3.05) is 5.32 Å². The van der Waals surface area contributed by atoms with Crippen LogP contribution in [0.5, 0.6) is 0 Å². The molecule has 0 amide bonds. The van der Waals surface area contributed by atoms with Gasteiger partial charge in [0, 0.05) is 24.5 Å². The van der Waals surface area contributed by atoms with Crippen LogP contribution >= 0.6 is 0 Å². The predicted molar refractivity (Wildman–Crippen MR) is 67.1 cm³/mol. The number of aromatic nitrogens is 2. The lowest BCUT2D eigenvalue weighted by Gasteiger charge is -2.06. The highest BCUT2D eigenvalue weighted by atomic mass is 19.1. The highest BCUT2D eigenvalue weighted by molar-refractivity contribution is 5.47. The summed E-state index contributed by atoms with van der Waals surface area (Å²) in [7, 11) is 0. The van der Waals surface area contributed by atoms with Gasteiger partial charge in [0.25, 0.3) is 0 Å². The van der Waals surface area contributed by atoms with E-state index in [2.05, 4.69) is 17.0 Å². The molecule has 4 heteroatoms. The van der Waals surface area contributed by atoms with Crippen LogP contribution in [0.25, 0.3) is 6.20 Å². The standard InChI is InChI=1S/C13H14FN3/c1-3-17-9-11(8-16-17)7-15-13-6-10(2)4-5-12(13)14/h3-6,8-9,15H,1,7H2,2H3. The van der Waals surface area contributed by atoms with Crippen molar-refractivity contribution in [3.63, 3.8) is 0 Å². The number of hydrogen-bond donors (Lipinski definition) is 1. The molecule has 2 rings (SSSR count). The molecule has 0 unspecified atom stereocenters. The first-order chi connectivity index (χ1) is 8.19. The summed E-state index contributed by atoms with van der Waals surface area (Å²) in [5.74, 6) is -0.244. The van der Waals surface area contributed by atoms with Crippen molar-refractivity contribution in [2.45, 2.75) is 13.5 Å². The van der Waals surface area contributed by atoms with Gasteiger partial charge in [0.2, 0.25) is 0 Å². The van der Waals surface area contributed by atoms with Crippen molar-refractivity contribution >= 4 is 11.9 Å². The highest BCUT2D eigenvalue weighted by Gasteiger charge is 2.02. The maximum Gasteiger partial charge on any atom is 0.146 e. The summed E-state index contributed by atoms with van der Waals surface area (Å²) in [5.41, 5.74) is 2.51. The van der Waals surface area contributed by atoms with Crippen molar-refractivity contribution in [2.24, 2.45) is 0 Å². The lowest BCUT2D eigenvalue weighted by molar-refractivity contribution is 0.629. The summed E-state index contributed by atoms with van der Waals surface area (Å²) in [5, 5.41) is 7.10. The second-order valence-corrected chi connectivity index (χ2v) is 3.85. The number of hydrogen-bond acceptors (Lipinski definition) is 2. The van der Waals surface area contributed by atoms with E-state index in [4.69, 9.17) is 0 Å². The molecule has 1 aromatic carbocycles. The Hall–Kier alpha value is -2.10. The zero-order chi connectivity index (χ0) is 12.3. The number of nitrogens with one attached hydrogen (secondary N) is 1. The maximum absolute atomic E-state index is 13.4. The molecule has 17 heavy (non-hydrogen) atoms. The van der Waals surface area contributed by atoms with Gasteiger partial charge in [-0.25, -0.2) is 9.07 Å². The molecule has 1 heterocycles. The van der Waals surface area contributed by atoms with Crippen molar-refractivity contribution in [3.8, 4) is 0 Å². The zero-order valence-electron chi connectivity index (χ0n) is 9.65. The van der Waals surface area contributed by atoms with Crippen LogP contribution in [0.2, 0.25) is 0 Å². The molecule has 3 nitrogen and oxygen atoms in total. The van der Waals surface area contributed by atoms with Crippen LogP contribution in [0.3, 0.4) is 0 Å². The van der Waals surface area contributed by atoms with Crippen molar-refractivity contribution in [3.05, 3.63) is 54.1 Å². The summed E-state index contributed by atoms with van der Waals surface area (Å²) < 4.78 is 15.1. The van der Waals surface area contributed by atoms with Gasteiger partial charge in [-0.3, -0.25) is 0 Å². The molecule has 0 radical (unpaired) electrons. The van der Waals surface area contributed by atoms with Gasteiger partial charge < -0.3 is 5.32 Å². The van der Waals surface area contributed by atoms with E-state index < -0.39 is 0 Å². The topological polar surface area (TPSA) is 29.9 Å². The Labute approximate surface area is 99.6 Å². The number of benzene rings is 1. The minimum Gasteiger partial charge on any atom is -0.378 e. The van der Waals surface area contributed by atoms with Gasteiger partial charge in [-0.2, -0.15) is 5.10 Å². The van der Waals surface area contributed by atoms with Crippen molar-refractivity contribution in [1.29, 1.82) is 0 Å². The molecular weight excluding hydrogens is 217 g/mol. The smallest absolute Gasteiger partial charge is 0.146 e. The molecule has 0 bridgehead atoms. The van der Waals surface area contributed by atoms with Crippen LogP contribution in [-0.2, 0) is 6.54 Å². The Morgan fingerprint density at radius 3 is 3.06 bits per heavy atom. The Morgan fingerprint density at radius 2 is 2.35 bits per heavy atom. The molecule has 1 aromatic heterocycles. The predicted octanol–water partition coefficient (Wildman–Crippen LogP) is 3.04. The second-order valence-electron chi connectivity index (χ2n) is 3.85. The quantitative estimate of drug-likeness (QED) is 0.876. The lowest BCUT2D eigenvalue weighted by Crippen LogP contribution is -2.00. The minimum atomic E-state index is -0.244. The third-order valence-corrected chi connectivity index (χ3v) is 2.45. The molecule has 0 spiro atoms. The molecule has 88 valence electrons. The average Bonchev–Trinajstić information content (AvgIpc) is 2.78. The highest BCUT2D eigenvalue weighted by Crippen LogP contribution is 2.16. The third-order valence-electron chi connectivity index (χ3n) is 2.45. The average molecular weight is 231 g/mol. The Kier molecular flexibility index (Phi) is 3.23. The van der Waals surface area contributed by atoms with Crippen LogP contribution in [0.15, 0.2) is 37.2 Å². The fourth-order valence-corrected chi connectivity index (χ4v) is 1.54. The maximum atomic E-state index is 13.4. The molecule has 0 fully saturated rings. The molecule has 2 aromatic rings. The number of nitrogens with zero attached hydrogens (tertiary/aromatic N) is 2. The fraction of sp³-hybridized carbons (Fsp3) is 0.154. The molecule has 0 saturated heterocycles. The lowest BCUT2D eigenvalue weighted by atomic mass is 10.2. The van der Waals surface area contributed by atoms with Crippen LogP contribution < -0.4 is 5.32 Å². The summed E-state index contributed by atoms with van der Waals surface area (Å²) in [4.78, 5) is 0. The molecule has 1 N–H and O–H groups in total. The van der Waals surface area contributed by atoms with Gasteiger partial charge in [0.1, 0.15) is 5.82 Å². The summed E-state index contributed by atoms with van der Waals surface area (Å²) >= 11 is 0. The van der Waals surface area contributed by atoms with Crippen LogP contribution in [0.4, 0.5) is 10.1 Å². The van der Waals surface area contributed by atoms with Gasteiger partial charge in [-0.05, 0) is 24.6 Å². The first-order valence-corrected chi connectivity index (χ1v) is 5.34. The van der Waals surface area contributed by atoms with Crippen LogP contribution in [0, 0.1) is 12.7 Å². The number of rotatable bonds is 4. The number of halogens is 1. The van der Waals surface area contributed by atoms with Gasteiger partial charge in [-0.15, -0.1) is 0 Å². The van der Waals surface area contributed by atoms with Gasteiger partial charge >= 0.3 is 0 Å². The van der Waals surface area contributed by atoms with Crippen molar-refractivity contribution in [1.82, 2.24) is 9.78 Å². The van der Waals surface area contributed by atoms with E-state index in [1.54, 1.807) is 29.2 Å². The molecular formula is C13H14FN3. The van der Waals surface area contributed by atoms with E-state index in [1.165, 1.54) is 6.07 Å². The number of anilines is 1. The van der Waals surface area contributed by atoms with Gasteiger partial charge in [0.05, 0.1) is 11.9 Å². The first kappa shape index (κ1) is 11.4. The van der Waals surface area contributed by atoms with E-state index in [9.17, 15) is 4.39 Å². The van der Waals surface area contributed by atoms with Crippen molar-refractivity contribution < 1.29 is 4.39 Å². The van der Waals surface area contributed by atoms with Crippen LogP contribution in [0.1, 0.15) is 11.1 Å². The largest absolute Gasteiger partial charge is 0.378 e. The van der Waals surface area contributed by atoms with E-state index in [1.807, 2.05) is 13.1 Å². The van der Waals surface area contributed by atoms with Gasteiger partial charge in [0.15, 0.2) is 0 Å². The minimum absolute atomic E-state index is 0.244. The molecule has 0 atom stereocenters. The summed E-state index contributed by atoms with van der Waals surface area (Å²) in [6, 6.07) is 4.99. The monoisotopic (exact) mass is 231 g/mol. The normalized spacial score (nSPS) is 10.2. The van der Waals surface area contributed by atoms with E-state index in [0.29, 0.717) is 12.2 Å². The SMILES string of the molecule is C=Cn1cc(CNc2cc(C)ccc2F)cn1. The van der Waals surface area contributed by atoms with E-state index >= 15 is 0 Å². The summed E-state index contributed by atoms with van der Waals surface area (Å²) in [6.07, 6.45) is 5.17. The Balaban J connectivity index is 2.06. The Bertz CT molecular complexity index is 531. The van der Waals surface area contributed by atoms with Gasteiger partial charge in [-0.1, -0.05) is 12.6 Å². The molecule has 0 aliphatic carbocycles. The molecule has 0 aliphatic rings. The number of aryl methyl sites for hydroxylation is 1. The Morgan fingerprint density at radius 1 is 1.53 bits per heavy atom.